The van der Waals surface area contributed by atoms with Crippen molar-refractivity contribution in [2.75, 3.05) is 13.2 Å². The molecule has 5 atom stereocenters. The van der Waals surface area contributed by atoms with Crippen LogP contribution < -0.4 is 5.32 Å². The molecule has 1 aliphatic heterocycles. The van der Waals surface area contributed by atoms with Crippen molar-refractivity contribution in [3.8, 4) is 0 Å². The van der Waals surface area contributed by atoms with Gasteiger partial charge in [0.05, 0.1) is 6.10 Å². The second kappa shape index (κ2) is 6.44. The largest absolute Gasteiger partial charge is 0.377 e. The summed E-state index contributed by atoms with van der Waals surface area (Å²) in [5, 5.41) is 5.29. The van der Waals surface area contributed by atoms with E-state index < -0.39 is 0 Å². The molecule has 2 fully saturated rings. The minimum Gasteiger partial charge on any atom is -0.377 e. The fourth-order valence-corrected chi connectivity index (χ4v) is 4.74. The first-order chi connectivity index (χ1) is 8.22. The zero-order valence-electron chi connectivity index (χ0n) is 11.4. The number of rotatable bonds is 5. The quantitative estimate of drug-likeness (QED) is 0.818. The van der Waals surface area contributed by atoms with Crippen molar-refractivity contribution < 1.29 is 4.74 Å². The van der Waals surface area contributed by atoms with E-state index in [0.29, 0.717) is 6.10 Å². The second-order valence-corrected chi connectivity index (χ2v) is 7.06. The summed E-state index contributed by atoms with van der Waals surface area (Å²) in [4.78, 5) is 0. The van der Waals surface area contributed by atoms with Crippen LogP contribution in [0.3, 0.4) is 0 Å². The van der Waals surface area contributed by atoms with E-state index in [1.54, 1.807) is 0 Å². The van der Waals surface area contributed by atoms with Crippen molar-refractivity contribution in [2.45, 2.75) is 69.1 Å². The molecule has 1 saturated carbocycles. The highest BCUT2D eigenvalue weighted by atomic mass is 32.2. The summed E-state index contributed by atoms with van der Waals surface area (Å²) < 4.78 is 5.67. The van der Waals surface area contributed by atoms with Gasteiger partial charge in [-0.2, -0.15) is 11.8 Å². The number of hydrogen-bond acceptors (Lipinski definition) is 3. The van der Waals surface area contributed by atoms with E-state index in [9.17, 15) is 0 Å². The van der Waals surface area contributed by atoms with E-state index in [4.69, 9.17) is 4.74 Å². The van der Waals surface area contributed by atoms with Crippen LogP contribution in [0.5, 0.6) is 0 Å². The lowest BCUT2D eigenvalue weighted by atomic mass is 10.1. The molecule has 0 radical (unpaired) electrons. The van der Waals surface area contributed by atoms with Crippen LogP contribution in [0, 0.1) is 5.92 Å². The average molecular weight is 257 g/mol. The Balaban J connectivity index is 1.78. The molecule has 0 aromatic rings. The van der Waals surface area contributed by atoms with Gasteiger partial charge >= 0.3 is 0 Å². The highest BCUT2D eigenvalue weighted by Crippen LogP contribution is 2.40. The summed E-state index contributed by atoms with van der Waals surface area (Å²) in [5.41, 5.74) is 0. The zero-order chi connectivity index (χ0) is 12.3. The van der Waals surface area contributed by atoms with Crippen LogP contribution in [0.25, 0.3) is 0 Å². The van der Waals surface area contributed by atoms with E-state index in [-0.39, 0.29) is 0 Å². The molecule has 3 heteroatoms. The van der Waals surface area contributed by atoms with Crippen LogP contribution in [-0.4, -0.2) is 35.8 Å². The average Bonchev–Trinajstić information content (AvgIpc) is 2.86. The van der Waals surface area contributed by atoms with Crippen molar-refractivity contribution in [1.29, 1.82) is 0 Å². The molecule has 17 heavy (non-hydrogen) atoms. The predicted octanol–water partition coefficient (Wildman–Crippen LogP) is 3.06. The van der Waals surface area contributed by atoms with Gasteiger partial charge in [0.2, 0.25) is 0 Å². The van der Waals surface area contributed by atoms with Crippen LogP contribution in [0.15, 0.2) is 0 Å². The van der Waals surface area contributed by atoms with Crippen molar-refractivity contribution in [2.24, 2.45) is 5.92 Å². The maximum atomic E-state index is 5.67. The SMILES string of the molecule is CCCNC1CCC(SC2CCOC2C)C1C. The van der Waals surface area contributed by atoms with Gasteiger partial charge in [-0.1, -0.05) is 13.8 Å². The van der Waals surface area contributed by atoms with Gasteiger partial charge in [0, 0.05) is 23.1 Å². The van der Waals surface area contributed by atoms with Crippen molar-refractivity contribution in [1.82, 2.24) is 5.32 Å². The van der Waals surface area contributed by atoms with Gasteiger partial charge in [-0.25, -0.2) is 0 Å². The van der Waals surface area contributed by atoms with E-state index in [1.807, 2.05) is 0 Å². The minimum atomic E-state index is 0.467. The van der Waals surface area contributed by atoms with E-state index in [0.717, 1.165) is 29.1 Å². The smallest absolute Gasteiger partial charge is 0.0666 e. The van der Waals surface area contributed by atoms with Gasteiger partial charge in [0.25, 0.3) is 0 Å². The van der Waals surface area contributed by atoms with Crippen LogP contribution in [-0.2, 0) is 4.74 Å². The van der Waals surface area contributed by atoms with Gasteiger partial charge in [-0.3, -0.25) is 0 Å². The van der Waals surface area contributed by atoms with Crippen LogP contribution in [0.2, 0.25) is 0 Å². The molecule has 1 aliphatic carbocycles. The molecule has 0 amide bonds. The summed E-state index contributed by atoms with van der Waals surface area (Å²) in [5.74, 6) is 0.819. The molecule has 0 spiro atoms. The number of thioether (sulfide) groups is 1. The minimum absolute atomic E-state index is 0.467. The first kappa shape index (κ1) is 13.7. The third kappa shape index (κ3) is 3.39. The first-order valence-corrected chi connectivity index (χ1v) is 8.17. The molecular formula is C14H27NOS. The lowest BCUT2D eigenvalue weighted by Crippen LogP contribution is -2.34. The first-order valence-electron chi connectivity index (χ1n) is 7.22. The third-order valence-electron chi connectivity index (χ3n) is 4.30. The normalized spacial score (nSPS) is 42.2. The number of hydrogen-bond donors (Lipinski definition) is 1. The molecule has 5 unspecified atom stereocenters. The Kier molecular flexibility index (Phi) is 5.19. The summed E-state index contributed by atoms with van der Waals surface area (Å²) in [7, 11) is 0. The Morgan fingerprint density at radius 1 is 1.18 bits per heavy atom. The van der Waals surface area contributed by atoms with Gasteiger partial charge in [0.1, 0.15) is 0 Å². The zero-order valence-corrected chi connectivity index (χ0v) is 12.3. The van der Waals surface area contributed by atoms with Crippen LogP contribution >= 0.6 is 11.8 Å². The highest BCUT2D eigenvalue weighted by molar-refractivity contribution is 8.00. The Morgan fingerprint density at radius 3 is 2.65 bits per heavy atom. The molecule has 1 saturated heterocycles. The Bertz CT molecular complexity index is 236. The van der Waals surface area contributed by atoms with Gasteiger partial charge in [-0.05, 0) is 45.1 Å². The van der Waals surface area contributed by atoms with E-state index in [1.165, 1.54) is 32.2 Å². The summed E-state index contributed by atoms with van der Waals surface area (Å²) in [6.45, 7) is 9.05. The summed E-state index contributed by atoms with van der Waals surface area (Å²) in [6.07, 6.45) is 5.71. The highest BCUT2D eigenvalue weighted by Gasteiger charge is 2.36. The molecule has 0 aromatic heterocycles. The Labute approximate surface area is 110 Å². The summed E-state index contributed by atoms with van der Waals surface area (Å²) in [6, 6.07) is 0.755. The molecule has 1 heterocycles. The van der Waals surface area contributed by atoms with Crippen molar-refractivity contribution in [3.05, 3.63) is 0 Å². The molecule has 0 bridgehead atoms. The lowest BCUT2D eigenvalue weighted by molar-refractivity contribution is 0.127. The van der Waals surface area contributed by atoms with Crippen LogP contribution in [0.1, 0.15) is 46.5 Å². The van der Waals surface area contributed by atoms with Gasteiger partial charge in [0.15, 0.2) is 0 Å². The fourth-order valence-electron chi connectivity index (χ4n) is 3.05. The molecule has 100 valence electrons. The Morgan fingerprint density at radius 2 is 2.00 bits per heavy atom. The van der Waals surface area contributed by atoms with Crippen molar-refractivity contribution >= 4 is 11.8 Å². The molecule has 2 rings (SSSR count). The maximum Gasteiger partial charge on any atom is 0.0666 e. The van der Waals surface area contributed by atoms with Gasteiger partial charge < -0.3 is 10.1 Å². The van der Waals surface area contributed by atoms with Gasteiger partial charge in [-0.15, -0.1) is 0 Å². The number of ether oxygens (including phenoxy) is 1. The van der Waals surface area contributed by atoms with Crippen molar-refractivity contribution in [3.63, 3.8) is 0 Å². The molecule has 1 N–H and O–H groups in total. The molecule has 2 nitrogen and oxygen atoms in total. The second-order valence-electron chi connectivity index (χ2n) is 5.57. The predicted molar refractivity (Wildman–Crippen MR) is 75.7 cm³/mol. The van der Waals surface area contributed by atoms with E-state index in [2.05, 4.69) is 37.8 Å². The monoisotopic (exact) mass is 257 g/mol. The van der Waals surface area contributed by atoms with Crippen LogP contribution in [0.4, 0.5) is 0 Å². The molecule has 2 aliphatic rings. The topological polar surface area (TPSA) is 21.3 Å². The third-order valence-corrected chi connectivity index (χ3v) is 6.28. The maximum absolute atomic E-state index is 5.67. The lowest BCUT2D eigenvalue weighted by Gasteiger charge is -2.24. The number of nitrogens with one attached hydrogen (secondary N) is 1. The standard InChI is InChI=1S/C14H27NOS/c1-4-8-15-12-5-6-13(10(12)2)17-14-7-9-16-11(14)3/h10-15H,4-9H2,1-3H3. The molecule has 0 aromatic carbocycles. The molecular weight excluding hydrogens is 230 g/mol. The fraction of sp³-hybridized carbons (Fsp3) is 1.00. The van der Waals surface area contributed by atoms with E-state index >= 15 is 0 Å². The Hall–Kier alpha value is 0.270. The summed E-state index contributed by atoms with van der Waals surface area (Å²) >= 11 is 2.20.